The largest absolute Gasteiger partial charge is 0.452 e. The molecule has 0 saturated carbocycles. The summed E-state index contributed by atoms with van der Waals surface area (Å²) in [5, 5.41) is 2.85. The molecule has 148 valence electrons. The van der Waals surface area contributed by atoms with E-state index in [9.17, 15) is 9.59 Å². The molecule has 0 bridgehead atoms. The summed E-state index contributed by atoms with van der Waals surface area (Å²) in [6.45, 7) is 3.85. The molecule has 1 amide bonds. The van der Waals surface area contributed by atoms with Gasteiger partial charge in [-0.15, -0.1) is 0 Å². The van der Waals surface area contributed by atoms with Crippen LogP contribution in [0.1, 0.15) is 46.8 Å². The molecule has 0 spiro atoms. The first-order valence-electron chi connectivity index (χ1n) is 9.71. The average Bonchev–Trinajstić information content (AvgIpc) is 2.74. The Hall–Kier alpha value is -3.40. The molecule has 0 heterocycles. The van der Waals surface area contributed by atoms with Gasteiger partial charge in [-0.1, -0.05) is 74.5 Å². The predicted octanol–water partition coefficient (Wildman–Crippen LogP) is 5.20. The van der Waals surface area contributed by atoms with Crippen molar-refractivity contribution < 1.29 is 14.3 Å². The van der Waals surface area contributed by atoms with Crippen LogP contribution in [0.2, 0.25) is 0 Å². The van der Waals surface area contributed by atoms with Crippen LogP contribution in [0.3, 0.4) is 0 Å². The lowest BCUT2D eigenvalue weighted by atomic mass is 10.0. The van der Waals surface area contributed by atoms with Gasteiger partial charge in [-0.3, -0.25) is 4.79 Å². The van der Waals surface area contributed by atoms with Gasteiger partial charge in [-0.25, -0.2) is 4.79 Å². The van der Waals surface area contributed by atoms with Gasteiger partial charge in [0.15, 0.2) is 6.61 Å². The Labute approximate surface area is 171 Å². The number of esters is 1. The molecule has 0 aliphatic rings. The zero-order valence-electron chi connectivity index (χ0n) is 16.7. The third-order valence-corrected chi connectivity index (χ3v) is 4.68. The van der Waals surface area contributed by atoms with E-state index < -0.39 is 5.97 Å². The number of carbonyl (C=O) groups is 2. The number of benzene rings is 3. The summed E-state index contributed by atoms with van der Waals surface area (Å²) in [5.74, 6) is -0.479. The van der Waals surface area contributed by atoms with Crippen LogP contribution in [-0.2, 0) is 16.0 Å². The number of para-hydroxylation sites is 1. The van der Waals surface area contributed by atoms with Crippen LogP contribution in [0.15, 0.2) is 78.9 Å². The first-order chi connectivity index (χ1) is 14.0. The fourth-order valence-corrected chi connectivity index (χ4v) is 3.02. The van der Waals surface area contributed by atoms with E-state index >= 15 is 0 Å². The van der Waals surface area contributed by atoms with Crippen molar-refractivity contribution in [3.05, 3.63) is 101 Å². The number of ether oxygens (including phenoxy) is 1. The zero-order chi connectivity index (χ0) is 20.6. The van der Waals surface area contributed by atoms with Gasteiger partial charge >= 0.3 is 5.97 Å². The topological polar surface area (TPSA) is 55.4 Å². The van der Waals surface area contributed by atoms with Crippen molar-refractivity contribution in [3.63, 3.8) is 0 Å². The molecule has 3 rings (SSSR count). The second-order valence-corrected chi connectivity index (χ2v) is 7.22. The van der Waals surface area contributed by atoms with Crippen LogP contribution in [-0.4, -0.2) is 18.5 Å². The minimum Gasteiger partial charge on any atom is -0.452 e. The van der Waals surface area contributed by atoms with E-state index in [2.05, 4.69) is 19.2 Å². The van der Waals surface area contributed by atoms with Crippen LogP contribution >= 0.6 is 0 Å². The van der Waals surface area contributed by atoms with Gasteiger partial charge in [-0.05, 0) is 47.2 Å². The van der Waals surface area contributed by atoms with E-state index in [4.69, 9.17) is 4.74 Å². The molecule has 0 aliphatic heterocycles. The fourth-order valence-electron chi connectivity index (χ4n) is 3.02. The molecule has 3 aromatic carbocycles. The molecule has 4 heteroatoms. The highest BCUT2D eigenvalue weighted by Gasteiger charge is 2.12. The summed E-state index contributed by atoms with van der Waals surface area (Å²) < 4.78 is 5.17. The second kappa shape index (κ2) is 9.69. The van der Waals surface area contributed by atoms with Crippen molar-refractivity contribution in [2.24, 2.45) is 0 Å². The number of amides is 1. The molecule has 0 fully saturated rings. The first-order valence-corrected chi connectivity index (χ1v) is 9.71. The highest BCUT2D eigenvalue weighted by molar-refractivity contribution is 5.96. The number of hydrogen-bond donors (Lipinski definition) is 1. The van der Waals surface area contributed by atoms with E-state index in [-0.39, 0.29) is 12.5 Å². The maximum absolute atomic E-state index is 12.3. The molecule has 0 atom stereocenters. The number of rotatable bonds is 7. The molecule has 0 unspecified atom stereocenters. The normalized spacial score (nSPS) is 10.6. The fraction of sp³-hybridized carbons (Fsp3) is 0.200. The van der Waals surface area contributed by atoms with E-state index in [0.717, 1.165) is 22.4 Å². The second-order valence-electron chi connectivity index (χ2n) is 7.22. The molecule has 0 aromatic heterocycles. The first kappa shape index (κ1) is 20.3. The van der Waals surface area contributed by atoms with Gasteiger partial charge < -0.3 is 10.1 Å². The zero-order valence-corrected chi connectivity index (χ0v) is 16.7. The highest BCUT2D eigenvalue weighted by Crippen LogP contribution is 2.19. The van der Waals surface area contributed by atoms with Gasteiger partial charge in [-0.2, -0.15) is 0 Å². The predicted molar refractivity (Wildman–Crippen MR) is 115 cm³/mol. The number of carbonyl (C=O) groups excluding carboxylic acids is 2. The molecule has 0 radical (unpaired) electrons. The standard InChI is InChI=1S/C25H25NO3/c1-18(2)20-12-14-21(15-13-20)25(28)29-17-24(27)26-23-11-7-6-10-22(23)16-19-8-4-3-5-9-19/h3-15,18H,16-17H2,1-2H3,(H,26,27). The summed E-state index contributed by atoms with van der Waals surface area (Å²) >= 11 is 0. The summed E-state index contributed by atoms with van der Waals surface area (Å²) in [4.78, 5) is 24.5. The Morgan fingerprint density at radius 2 is 1.52 bits per heavy atom. The van der Waals surface area contributed by atoms with Crippen LogP contribution in [0.5, 0.6) is 0 Å². The lowest BCUT2D eigenvalue weighted by Crippen LogP contribution is -2.21. The van der Waals surface area contributed by atoms with Crippen molar-refractivity contribution in [3.8, 4) is 0 Å². The summed E-state index contributed by atoms with van der Waals surface area (Å²) in [6.07, 6.45) is 0.708. The molecule has 1 N–H and O–H groups in total. The lowest BCUT2D eigenvalue weighted by Gasteiger charge is -2.12. The smallest absolute Gasteiger partial charge is 0.338 e. The molecular formula is C25H25NO3. The van der Waals surface area contributed by atoms with Crippen molar-refractivity contribution >= 4 is 17.6 Å². The number of anilines is 1. The molecule has 4 nitrogen and oxygen atoms in total. The van der Waals surface area contributed by atoms with E-state index in [0.29, 0.717) is 17.9 Å². The van der Waals surface area contributed by atoms with E-state index in [1.807, 2.05) is 66.7 Å². The van der Waals surface area contributed by atoms with Crippen molar-refractivity contribution in [1.82, 2.24) is 0 Å². The van der Waals surface area contributed by atoms with Gasteiger partial charge in [0.25, 0.3) is 5.91 Å². The molecule has 29 heavy (non-hydrogen) atoms. The summed E-state index contributed by atoms with van der Waals surface area (Å²) in [7, 11) is 0. The number of hydrogen-bond acceptors (Lipinski definition) is 3. The van der Waals surface area contributed by atoms with E-state index in [1.54, 1.807) is 12.1 Å². The molecule has 3 aromatic rings. The highest BCUT2D eigenvalue weighted by atomic mass is 16.5. The van der Waals surface area contributed by atoms with Crippen molar-refractivity contribution in [2.45, 2.75) is 26.2 Å². The maximum atomic E-state index is 12.3. The minimum atomic E-state index is -0.506. The Morgan fingerprint density at radius 1 is 0.862 bits per heavy atom. The Morgan fingerprint density at radius 3 is 2.21 bits per heavy atom. The molecule has 0 aliphatic carbocycles. The Kier molecular flexibility index (Phi) is 6.80. The molecule has 0 saturated heterocycles. The average molecular weight is 387 g/mol. The third-order valence-electron chi connectivity index (χ3n) is 4.68. The van der Waals surface area contributed by atoms with Crippen LogP contribution in [0.4, 0.5) is 5.69 Å². The van der Waals surface area contributed by atoms with Crippen LogP contribution < -0.4 is 5.32 Å². The third kappa shape index (κ3) is 5.79. The van der Waals surface area contributed by atoms with Gasteiger partial charge in [0.1, 0.15) is 0 Å². The van der Waals surface area contributed by atoms with Crippen LogP contribution in [0, 0.1) is 0 Å². The monoisotopic (exact) mass is 387 g/mol. The van der Waals surface area contributed by atoms with Crippen LogP contribution in [0.25, 0.3) is 0 Å². The van der Waals surface area contributed by atoms with Gasteiger partial charge in [0.2, 0.25) is 0 Å². The van der Waals surface area contributed by atoms with E-state index in [1.165, 1.54) is 0 Å². The van der Waals surface area contributed by atoms with Gasteiger partial charge in [0.05, 0.1) is 5.56 Å². The summed E-state index contributed by atoms with van der Waals surface area (Å²) in [5.41, 5.74) is 4.47. The number of nitrogens with one attached hydrogen (secondary N) is 1. The lowest BCUT2D eigenvalue weighted by molar-refractivity contribution is -0.119. The Balaban J connectivity index is 1.57. The maximum Gasteiger partial charge on any atom is 0.338 e. The SMILES string of the molecule is CC(C)c1ccc(C(=O)OCC(=O)Nc2ccccc2Cc2ccccc2)cc1. The molecular weight excluding hydrogens is 362 g/mol. The van der Waals surface area contributed by atoms with Crippen molar-refractivity contribution in [1.29, 1.82) is 0 Å². The minimum absolute atomic E-state index is 0.329. The summed E-state index contributed by atoms with van der Waals surface area (Å²) in [6, 6.07) is 24.9. The van der Waals surface area contributed by atoms with Crippen molar-refractivity contribution in [2.75, 3.05) is 11.9 Å². The Bertz CT molecular complexity index is 963. The quantitative estimate of drug-likeness (QED) is 0.567. The van der Waals surface area contributed by atoms with Gasteiger partial charge in [0, 0.05) is 5.69 Å².